The Labute approximate surface area is 144 Å². The minimum absolute atomic E-state index is 0.0206. The Hall–Kier alpha value is -2.16. The molecule has 23 heavy (non-hydrogen) atoms. The lowest BCUT2D eigenvalue weighted by atomic mass is 10.0. The standard InChI is InChI=1S/C19H14Cl2NO/c20-17-7-6-14(12-18(17)21)13-22-10-8-16(9-11-22)19(23)15-4-2-1-3-5-15/h1-12H,13H2/q+1. The predicted octanol–water partition coefficient (Wildman–Crippen LogP) is 4.56. The Balaban J connectivity index is 1.77. The van der Waals surface area contributed by atoms with Gasteiger partial charge in [0, 0.05) is 28.8 Å². The number of carbonyl (C=O) groups is 1. The topological polar surface area (TPSA) is 20.9 Å². The quantitative estimate of drug-likeness (QED) is 0.503. The lowest BCUT2D eigenvalue weighted by Gasteiger charge is -2.02. The van der Waals surface area contributed by atoms with Crippen LogP contribution in [0.4, 0.5) is 0 Å². The van der Waals surface area contributed by atoms with Crippen LogP contribution in [0.3, 0.4) is 0 Å². The summed E-state index contributed by atoms with van der Waals surface area (Å²) in [5, 5.41) is 1.09. The predicted molar refractivity (Wildman–Crippen MR) is 92.1 cm³/mol. The number of hydrogen-bond acceptors (Lipinski definition) is 1. The average molecular weight is 343 g/mol. The van der Waals surface area contributed by atoms with E-state index in [2.05, 4.69) is 0 Å². The molecule has 0 radical (unpaired) electrons. The summed E-state index contributed by atoms with van der Waals surface area (Å²) in [6.07, 6.45) is 3.78. The number of halogens is 2. The molecule has 2 aromatic carbocycles. The molecule has 0 spiro atoms. The van der Waals surface area contributed by atoms with E-state index in [0.29, 0.717) is 27.7 Å². The van der Waals surface area contributed by atoms with Gasteiger partial charge in [0.1, 0.15) is 0 Å². The van der Waals surface area contributed by atoms with Gasteiger partial charge in [0.15, 0.2) is 24.7 Å². The van der Waals surface area contributed by atoms with E-state index in [1.54, 1.807) is 6.07 Å². The Morgan fingerprint density at radius 1 is 0.826 bits per heavy atom. The van der Waals surface area contributed by atoms with Gasteiger partial charge in [0.25, 0.3) is 0 Å². The number of rotatable bonds is 4. The number of carbonyl (C=O) groups excluding carboxylic acids is 1. The van der Waals surface area contributed by atoms with Gasteiger partial charge in [0.2, 0.25) is 0 Å². The number of nitrogens with zero attached hydrogens (tertiary/aromatic N) is 1. The average Bonchev–Trinajstić information content (AvgIpc) is 2.59. The SMILES string of the molecule is O=C(c1ccccc1)c1cc[n+](Cc2ccc(Cl)c(Cl)c2)cc1. The van der Waals surface area contributed by atoms with Crippen LogP contribution in [0.2, 0.25) is 10.0 Å². The smallest absolute Gasteiger partial charge is 0.193 e. The summed E-state index contributed by atoms with van der Waals surface area (Å²) in [6, 6.07) is 18.5. The van der Waals surface area contributed by atoms with Crippen molar-refractivity contribution in [3.63, 3.8) is 0 Å². The fourth-order valence-electron chi connectivity index (χ4n) is 2.32. The van der Waals surface area contributed by atoms with Crippen LogP contribution in [-0.2, 0) is 6.54 Å². The minimum atomic E-state index is 0.0206. The largest absolute Gasteiger partial charge is 0.289 e. The molecule has 0 unspecified atom stereocenters. The van der Waals surface area contributed by atoms with Gasteiger partial charge in [-0.1, -0.05) is 59.6 Å². The lowest BCUT2D eigenvalue weighted by Crippen LogP contribution is -2.33. The van der Waals surface area contributed by atoms with Crippen LogP contribution >= 0.6 is 23.2 Å². The van der Waals surface area contributed by atoms with Gasteiger partial charge in [-0.05, 0) is 12.1 Å². The highest BCUT2D eigenvalue weighted by atomic mass is 35.5. The van der Waals surface area contributed by atoms with E-state index >= 15 is 0 Å². The summed E-state index contributed by atoms with van der Waals surface area (Å²) in [4.78, 5) is 12.4. The molecule has 3 aromatic rings. The summed E-state index contributed by atoms with van der Waals surface area (Å²) in [6.45, 7) is 0.663. The first-order valence-corrected chi connectivity index (χ1v) is 7.92. The van der Waals surface area contributed by atoms with Crippen LogP contribution in [-0.4, -0.2) is 5.78 Å². The van der Waals surface area contributed by atoms with Crippen LogP contribution in [0.25, 0.3) is 0 Å². The maximum atomic E-state index is 12.4. The highest BCUT2D eigenvalue weighted by Crippen LogP contribution is 2.22. The lowest BCUT2D eigenvalue weighted by molar-refractivity contribution is -0.688. The highest BCUT2D eigenvalue weighted by molar-refractivity contribution is 6.42. The zero-order valence-corrected chi connectivity index (χ0v) is 13.8. The molecule has 114 valence electrons. The molecule has 0 atom stereocenters. The summed E-state index contributed by atoms with van der Waals surface area (Å²) in [7, 11) is 0. The molecule has 1 aromatic heterocycles. The first-order valence-electron chi connectivity index (χ1n) is 7.16. The van der Waals surface area contributed by atoms with Crippen molar-refractivity contribution < 1.29 is 9.36 Å². The van der Waals surface area contributed by atoms with E-state index in [1.165, 1.54) is 0 Å². The van der Waals surface area contributed by atoms with Gasteiger partial charge >= 0.3 is 0 Å². The zero-order valence-electron chi connectivity index (χ0n) is 12.2. The van der Waals surface area contributed by atoms with Crippen molar-refractivity contribution in [2.45, 2.75) is 6.54 Å². The third kappa shape index (κ3) is 3.79. The second kappa shape index (κ2) is 6.95. The molecule has 3 rings (SSSR count). The summed E-state index contributed by atoms with van der Waals surface area (Å²) in [5.41, 5.74) is 2.41. The Bertz CT molecular complexity index is 830. The van der Waals surface area contributed by atoms with Gasteiger partial charge in [-0.15, -0.1) is 0 Å². The molecule has 4 heteroatoms. The van der Waals surface area contributed by atoms with Crippen LogP contribution < -0.4 is 4.57 Å². The van der Waals surface area contributed by atoms with Crippen molar-refractivity contribution in [1.82, 2.24) is 0 Å². The molecule has 0 bridgehead atoms. The maximum Gasteiger partial charge on any atom is 0.193 e. The molecule has 2 nitrogen and oxygen atoms in total. The van der Waals surface area contributed by atoms with E-state index < -0.39 is 0 Å². The minimum Gasteiger partial charge on any atom is -0.289 e. The van der Waals surface area contributed by atoms with Crippen LogP contribution in [0.15, 0.2) is 73.1 Å². The van der Waals surface area contributed by atoms with Gasteiger partial charge < -0.3 is 0 Å². The molecule has 0 aliphatic carbocycles. The van der Waals surface area contributed by atoms with Crippen molar-refractivity contribution in [2.75, 3.05) is 0 Å². The molecule has 0 amide bonds. The highest BCUT2D eigenvalue weighted by Gasteiger charge is 2.11. The first-order chi connectivity index (χ1) is 11.1. The van der Waals surface area contributed by atoms with Gasteiger partial charge in [0.05, 0.1) is 10.0 Å². The summed E-state index contributed by atoms with van der Waals surface area (Å²) in [5.74, 6) is 0.0206. The zero-order chi connectivity index (χ0) is 16.2. The molecule has 1 heterocycles. The number of hydrogen-bond donors (Lipinski definition) is 0. The molecule has 0 aliphatic rings. The van der Waals surface area contributed by atoms with Gasteiger partial charge in [-0.3, -0.25) is 4.79 Å². The molecule has 0 saturated carbocycles. The molecular formula is C19H14Cl2NO+. The van der Waals surface area contributed by atoms with Crippen LogP contribution in [0.1, 0.15) is 21.5 Å². The normalized spacial score (nSPS) is 10.5. The third-order valence-electron chi connectivity index (χ3n) is 3.54. The first kappa shape index (κ1) is 15.7. The van der Waals surface area contributed by atoms with E-state index in [4.69, 9.17) is 23.2 Å². The Kier molecular flexibility index (Phi) is 4.75. The monoisotopic (exact) mass is 342 g/mol. The van der Waals surface area contributed by atoms with Gasteiger partial charge in [-0.2, -0.15) is 0 Å². The number of benzene rings is 2. The van der Waals surface area contributed by atoms with Crippen LogP contribution in [0.5, 0.6) is 0 Å². The Morgan fingerprint density at radius 2 is 1.48 bits per heavy atom. The number of pyridine rings is 1. The maximum absolute atomic E-state index is 12.4. The summed E-state index contributed by atoms with van der Waals surface area (Å²) < 4.78 is 1.99. The molecule has 0 saturated heterocycles. The van der Waals surface area contributed by atoms with Crippen LogP contribution in [0, 0.1) is 0 Å². The van der Waals surface area contributed by atoms with Crippen molar-refractivity contribution in [1.29, 1.82) is 0 Å². The second-order valence-electron chi connectivity index (χ2n) is 5.20. The second-order valence-corrected chi connectivity index (χ2v) is 6.02. The van der Waals surface area contributed by atoms with Gasteiger partial charge in [-0.25, -0.2) is 4.57 Å². The van der Waals surface area contributed by atoms with Crippen molar-refractivity contribution in [3.05, 3.63) is 99.8 Å². The van der Waals surface area contributed by atoms with Crippen molar-refractivity contribution >= 4 is 29.0 Å². The van der Waals surface area contributed by atoms with E-state index in [0.717, 1.165) is 5.56 Å². The van der Waals surface area contributed by atoms with E-state index in [9.17, 15) is 4.79 Å². The van der Waals surface area contributed by atoms with E-state index in [1.807, 2.05) is 71.6 Å². The Morgan fingerprint density at radius 3 is 2.13 bits per heavy atom. The van der Waals surface area contributed by atoms with E-state index in [-0.39, 0.29) is 5.78 Å². The van der Waals surface area contributed by atoms with Crippen molar-refractivity contribution in [3.8, 4) is 0 Å². The van der Waals surface area contributed by atoms with Crippen molar-refractivity contribution in [2.24, 2.45) is 0 Å². The molecule has 0 fully saturated rings. The molecule has 0 N–H and O–H groups in total. The number of ketones is 1. The molecule has 0 aliphatic heterocycles. The fraction of sp³-hybridized carbons (Fsp3) is 0.0526. The summed E-state index contributed by atoms with van der Waals surface area (Å²) >= 11 is 12.0. The molecular weight excluding hydrogens is 329 g/mol. The number of aromatic nitrogens is 1. The fourth-order valence-corrected chi connectivity index (χ4v) is 2.64. The third-order valence-corrected chi connectivity index (χ3v) is 4.28.